The number of aliphatic carboxylic acids is 1. The largest absolute Gasteiger partial charge is 0.480 e. The summed E-state index contributed by atoms with van der Waals surface area (Å²) in [4.78, 5) is 34.9. The van der Waals surface area contributed by atoms with E-state index >= 15 is 0 Å². The Kier molecular flexibility index (Phi) is 1.84. The molecule has 1 saturated heterocycles. The van der Waals surface area contributed by atoms with Gasteiger partial charge in [0.2, 0.25) is 0 Å². The quantitative estimate of drug-likeness (QED) is 0.532. The Bertz CT molecular complexity index is 411. The lowest BCUT2D eigenvalue weighted by atomic mass is 9.57. The molecular weight excluding hydrogens is 212 g/mol. The average Bonchev–Trinajstić information content (AvgIpc) is 2.29. The van der Waals surface area contributed by atoms with Gasteiger partial charge in [0.15, 0.2) is 5.41 Å². The summed E-state index contributed by atoms with van der Waals surface area (Å²) in [5.74, 6) is -2.71. The Balaban J connectivity index is 2.69. The van der Waals surface area contributed by atoms with Gasteiger partial charge in [-0.2, -0.15) is 0 Å². The van der Waals surface area contributed by atoms with Gasteiger partial charge in [0.05, 0.1) is 5.41 Å². The van der Waals surface area contributed by atoms with Gasteiger partial charge in [0, 0.05) is 5.41 Å². The number of fused-ring (bicyclic) bond motifs is 2. The van der Waals surface area contributed by atoms with E-state index in [4.69, 9.17) is 0 Å². The molecule has 2 aliphatic rings. The van der Waals surface area contributed by atoms with Gasteiger partial charge in [0.25, 0.3) is 0 Å². The summed E-state index contributed by atoms with van der Waals surface area (Å²) in [5, 5.41) is 9.31. The summed E-state index contributed by atoms with van der Waals surface area (Å²) in [6, 6.07) is 0. The highest BCUT2D eigenvalue weighted by Crippen LogP contribution is 2.66. The van der Waals surface area contributed by atoms with E-state index < -0.39 is 34.2 Å². The van der Waals surface area contributed by atoms with E-state index in [1.165, 1.54) is 0 Å². The maximum atomic E-state index is 11.8. The molecule has 0 amide bonds. The van der Waals surface area contributed by atoms with Gasteiger partial charge in [0.1, 0.15) is 0 Å². The van der Waals surface area contributed by atoms with Crippen LogP contribution >= 0.6 is 0 Å². The van der Waals surface area contributed by atoms with E-state index in [0.717, 1.165) is 0 Å². The first kappa shape index (κ1) is 11.1. The van der Waals surface area contributed by atoms with Crippen molar-refractivity contribution in [1.29, 1.82) is 0 Å². The lowest BCUT2D eigenvalue weighted by Crippen LogP contribution is -2.59. The summed E-state index contributed by atoms with van der Waals surface area (Å²) >= 11 is 0. The van der Waals surface area contributed by atoms with Crippen molar-refractivity contribution >= 4 is 17.9 Å². The molecule has 5 heteroatoms. The maximum Gasteiger partial charge on any atom is 0.331 e. The molecule has 0 spiro atoms. The van der Waals surface area contributed by atoms with Crippen LogP contribution < -0.4 is 0 Å². The average molecular weight is 226 g/mol. The summed E-state index contributed by atoms with van der Waals surface area (Å²) < 4.78 is 4.62. The standard InChI is InChI=1S/C11H14O5/c1-9(2)10(3)4-5-11(9,6(12)13)8(15)16-7(10)14/h4-5H2,1-3H3,(H,12,13)/t10-,11+/m0/s1. The van der Waals surface area contributed by atoms with Crippen LogP contribution in [0.1, 0.15) is 33.6 Å². The third-order valence-corrected chi connectivity index (χ3v) is 4.80. The van der Waals surface area contributed by atoms with Crippen LogP contribution in [-0.2, 0) is 19.1 Å². The fourth-order valence-corrected chi connectivity index (χ4v) is 2.99. The first-order valence-corrected chi connectivity index (χ1v) is 5.20. The Morgan fingerprint density at radius 2 is 1.75 bits per heavy atom. The number of hydrogen-bond acceptors (Lipinski definition) is 4. The Hall–Kier alpha value is -1.39. The zero-order valence-corrected chi connectivity index (χ0v) is 9.49. The maximum absolute atomic E-state index is 11.8. The van der Waals surface area contributed by atoms with E-state index in [1.54, 1.807) is 20.8 Å². The number of ether oxygens (including phenoxy) is 1. The normalized spacial score (nSPS) is 40.7. The van der Waals surface area contributed by atoms with Crippen molar-refractivity contribution in [2.75, 3.05) is 0 Å². The van der Waals surface area contributed by atoms with Crippen LogP contribution in [0.25, 0.3) is 0 Å². The van der Waals surface area contributed by atoms with Crippen LogP contribution in [-0.4, -0.2) is 23.0 Å². The lowest BCUT2D eigenvalue weighted by Gasteiger charge is -2.46. The molecule has 0 aromatic carbocycles. The van der Waals surface area contributed by atoms with Crippen LogP contribution in [0, 0.1) is 16.2 Å². The molecule has 2 atom stereocenters. The minimum Gasteiger partial charge on any atom is -0.480 e. The van der Waals surface area contributed by atoms with Crippen molar-refractivity contribution in [3.05, 3.63) is 0 Å². The molecule has 16 heavy (non-hydrogen) atoms. The van der Waals surface area contributed by atoms with Crippen molar-refractivity contribution in [1.82, 2.24) is 0 Å². The molecule has 1 saturated carbocycles. The summed E-state index contributed by atoms with van der Waals surface area (Å²) in [6.45, 7) is 4.99. The number of hydrogen-bond donors (Lipinski definition) is 1. The molecule has 1 heterocycles. The molecule has 2 bridgehead atoms. The number of carbonyl (C=O) groups excluding carboxylic acids is 2. The summed E-state index contributed by atoms with van der Waals surface area (Å²) in [7, 11) is 0. The summed E-state index contributed by atoms with van der Waals surface area (Å²) in [5.41, 5.74) is -3.38. The number of esters is 2. The predicted octanol–water partition coefficient (Wildman–Crippen LogP) is 0.967. The van der Waals surface area contributed by atoms with Crippen molar-refractivity contribution < 1.29 is 24.2 Å². The zero-order chi connectivity index (χ0) is 12.4. The number of rotatable bonds is 1. The van der Waals surface area contributed by atoms with Crippen LogP contribution in [0.15, 0.2) is 0 Å². The van der Waals surface area contributed by atoms with E-state index in [2.05, 4.69) is 4.74 Å². The number of cyclic esters (lactones) is 2. The second-order valence-electron chi connectivity index (χ2n) is 5.34. The van der Waals surface area contributed by atoms with E-state index in [0.29, 0.717) is 6.42 Å². The molecule has 1 aliphatic heterocycles. The fourth-order valence-electron chi connectivity index (χ4n) is 2.99. The van der Waals surface area contributed by atoms with E-state index in [1.807, 2.05) is 0 Å². The van der Waals surface area contributed by atoms with Gasteiger partial charge < -0.3 is 9.84 Å². The van der Waals surface area contributed by atoms with Gasteiger partial charge in [-0.05, 0) is 19.8 Å². The predicted molar refractivity (Wildman–Crippen MR) is 52.3 cm³/mol. The minimum absolute atomic E-state index is 0.163. The Morgan fingerprint density at radius 1 is 1.19 bits per heavy atom. The molecule has 2 rings (SSSR count). The molecule has 0 aromatic rings. The molecule has 0 radical (unpaired) electrons. The minimum atomic E-state index is -1.57. The molecule has 2 fully saturated rings. The third kappa shape index (κ3) is 0.817. The lowest BCUT2D eigenvalue weighted by molar-refractivity contribution is -0.201. The molecule has 0 aromatic heterocycles. The van der Waals surface area contributed by atoms with Crippen LogP contribution in [0.2, 0.25) is 0 Å². The SMILES string of the molecule is CC1(C)[C@@]2(C(=O)O)CC[C@@]1(C)C(=O)OC2=O. The van der Waals surface area contributed by atoms with E-state index in [9.17, 15) is 19.5 Å². The van der Waals surface area contributed by atoms with Crippen molar-refractivity contribution in [3.8, 4) is 0 Å². The number of carboxylic acid groups (broad SMARTS) is 1. The smallest absolute Gasteiger partial charge is 0.331 e. The highest BCUT2D eigenvalue weighted by Gasteiger charge is 2.75. The van der Waals surface area contributed by atoms with Crippen molar-refractivity contribution in [3.63, 3.8) is 0 Å². The van der Waals surface area contributed by atoms with E-state index in [-0.39, 0.29) is 6.42 Å². The highest BCUT2D eigenvalue weighted by atomic mass is 16.6. The van der Waals surface area contributed by atoms with Crippen molar-refractivity contribution in [2.45, 2.75) is 33.6 Å². The highest BCUT2D eigenvalue weighted by molar-refractivity contribution is 6.08. The molecule has 88 valence electrons. The second-order valence-corrected chi connectivity index (χ2v) is 5.34. The van der Waals surface area contributed by atoms with Crippen LogP contribution in [0.5, 0.6) is 0 Å². The van der Waals surface area contributed by atoms with Crippen LogP contribution in [0.4, 0.5) is 0 Å². The first-order valence-electron chi connectivity index (χ1n) is 5.20. The monoisotopic (exact) mass is 226 g/mol. The first-order chi connectivity index (χ1) is 7.20. The third-order valence-electron chi connectivity index (χ3n) is 4.80. The molecule has 0 unspecified atom stereocenters. The fraction of sp³-hybridized carbons (Fsp3) is 0.727. The topological polar surface area (TPSA) is 80.7 Å². The van der Waals surface area contributed by atoms with Gasteiger partial charge in [-0.3, -0.25) is 14.4 Å². The van der Waals surface area contributed by atoms with Crippen LogP contribution in [0.3, 0.4) is 0 Å². The Labute approximate surface area is 92.8 Å². The number of carboxylic acids is 1. The second kappa shape index (κ2) is 2.64. The van der Waals surface area contributed by atoms with Gasteiger partial charge in [-0.15, -0.1) is 0 Å². The molecule has 5 nitrogen and oxygen atoms in total. The summed E-state index contributed by atoms with van der Waals surface area (Å²) in [6.07, 6.45) is 0.535. The zero-order valence-electron chi connectivity index (χ0n) is 9.49. The molecular formula is C11H14O5. The van der Waals surface area contributed by atoms with Gasteiger partial charge in [-0.1, -0.05) is 13.8 Å². The number of carbonyl (C=O) groups is 3. The molecule has 1 aliphatic carbocycles. The van der Waals surface area contributed by atoms with Gasteiger partial charge in [-0.25, -0.2) is 0 Å². The molecule has 1 N–H and O–H groups in total. The van der Waals surface area contributed by atoms with Crippen molar-refractivity contribution in [2.24, 2.45) is 16.2 Å². The Morgan fingerprint density at radius 3 is 2.25 bits per heavy atom. The van der Waals surface area contributed by atoms with Gasteiger partial charge >= 0.3 is 17.9 Å².